The van der Waals surface area contributed by atoms with Gasteiger partial charge in [0.25, 0.3) is 0 Å². The van der Waals surface area contributed by atoms with Crippen LogP contribution in [0.1, 0.15) is 37.5 Å². The van der Waals surface area contributed by atoms with E-state index in [9.17, 15) is 0 Å². The van der Waals surface area contributed by atoms with Crippen LogP contribution in [0.2, 0.25) is 0 Å². The molecule has 3 nitrogen and oxygen atoms in total. The number of hydrogen-bond acceptors (Lipinski definition) is 1. The van der Waals surface area contributed by atoms with E-state index in [1.807, 2.05) is 18.0 Å². The zero-order chi connectivity index (χ0) is 19.2. The molecule has 0 aliphatic heterocycles. The fraction of sp³-hybridized carbons (Fsp3) is 0.292. The average Bonchev–Trinajstić information content (AvgIpc) is 3.07. The van der Waals surface area contributed by atoms with Crippen molar-refractivity contribution in [1.29, 1.82) is 0 Å². The Morgan fingerprint density at radius 1 is 1.00 bits per heavy atom. The maximum Gasteiger partial charge on any atom is 0.200 e. The van der Waals surface area contributed by atoms with E-state index in [4.69, 9.17) is 10.7 Å². The van der Waals surface area contributed by atoms with Crippen LogP contribution in [0.25, 0.3) is 10.8 Å². The lowest BCUT2D eigenvalue weighted by Crippen LogP contribution is -2.34. The molecule has 0 amide bonds. The largest absolute Gasteiger partial charge is 0.369 e. The molecule has 3 aromatic carbocycles. The van der Waals surface area contributed by atoms with Crippen molar-refractivity contribution in [3.05, 3.63) is 71.3 Å². The first-order valence-electron chi connectivity index (χ1n) is 9.56. The summed E-state index contributed by atoms with van der Waals surface area (Å²) in [7, 11) is 2.01. The van der Waals surface area contributed by atoms with Crippen molar-refractivity contribution in [1.82, 2.24) is 0 Å². The lowest BCUT2D eigenvalue weighted by atomic mass is 9.87. The lowest BCUT2D eigenvalue weighted by molar-refractivity contribution is 0.590. The predicted octanol–water partition coefficient (Wildman–Crippen LogP) is 5.32. The number of hydrogen-bond donors (Lipinski definition) is 1. The predicted molar refractivity (Wildman–Crippen MR) is 116 cm³/mol. The molecule has 3 heteroatoms. The third kappa shape index (κ3) is 3.18. The van der Waals surface area contributed by atoms with Gasteiger partial charge in [-0.1, -0.05) is 57.2 Å². The molecule has 0 spiro atoms. The number of guanidine groups is 1. The van der Waals surface area contributed by atoms with Gasteiger partial charge in [-0.25, -0.2) is 4.99 Å². The topological polar surface area (TPSA) is 41.6 Å². The number of rotatable bonds is 2. The van der Waals surface area contributed by atoms with Crippen LogP contribution < -0.4 is 10.6 Å². The van der Waals surface area contributed by atoms with Gasteiger partial charge in [0.05, 0.1) is 5.69 Å². The first-order valence-corrected chi connectivity index (χ1v) is 9.56. The first kappa shape index (κ1) is 17.6. The number of nitrogens with zero attached hydrogens (tertiary/aromatic N) is 2. The highest BCUT2D eigenvalue weighted by Crippen LogP contribution is 2.37. The van der Waals surface area contributed by atoms with Crippen molar-refractivity contribution in [2.75, 3.05) is 11.9 Å². The number of aryl methyl sites for hydroxylation is 2. The van der Waals surface area contributed by atoms with E-state index < -0.39 is 0 Å². The molecule has 0 saturated heterocycles. The van der Waals surface area contributed by atoms with E-state index in [1.165, 1.54) is 27.5 Å². The van der Waals surface area contributed by atoms with Crippen LogP contribution >= 0.6 is 0 Å². The van der Waals surface area contributed by atoms with Crippen LogP contribution in [-0.4, -0.2) is 13.0 Å². The van der Waals surface area contributed by atoms with Crippen LogP contribution in [0, 0.1) is 0 Å². The number of aliphatic imine (C=N–C) groups is 1. The van der Waals surface area contributed by atoms with Gasteiger partial charge in [0, 0.05) is 12.7 Å². The summed E-state index contributed by atoms with van der Waals surface area (Å²) in [6.45, 7) is 6.62. The van der Waals surface area contributed by atoms with Crippen LogP contribution in [0.5, 0.6) is 0 Å². The third-order valence-corrected chi connectivity index (χ3v) is 5.52. The van der Waals surface area contributed by atoms with Gasteiger partial charge in [0.1, 0.15) is 0 Å². The lowest BCUT2D eigenvalue weighted by Gasteiger charge is -2.22. The molecule has 138 valence electrons. The van der Waals surface area contributed by atoms with E-state index in [0.717, 1.165) is 24.2 Å². The van der Waals surface area contributed by atoms with Gasteiger partial charge in [0.2, 0.25) is 5.96 Å². The Kier molecular flexibility index (Phi) is 4.18. The number of anilines is 1. The SMILES string of the molecule is CN(C(N)=Nc1cccc(C(C)(C)C)c1)c1ccc2cccc3c2c1CC3. The summed E-state index contributed by atoms with van der Waals surface area (Å²) in [4.78, 5) is 6.72. The summed E-state index contributed by atoms with van der Waals surface area (Å²) in [5, 5.41) is 2.70. The Balaban J connectivity index is 1.71. The monoisotopic (exact) mass is 357 g/mol. The Hall–Kier alpha value is -2.81. The zero-order valence-electron chi connectivity index (χ0n) is 16.6. The zero-order valence-corrected chi connectivity index (χ0v) is 16.6. The molecule has 27 heavy (non-hydrogen) atoms. The number of nitrogens with two attached hydrogens (primary N) is 1. The second-order valence-electron chi connectivity index (χ2n) is 8.41. The third-order valence-electron chi connectivity index (χ3n) is 5.52. The molecule has 0 unspecified atom stereocenters. The van der Waals surface area contributed by atoms with E-state index >= 15 is 0 Å². The van der Waals surface area contributed by atoms with Gasteiger partial charge in [-0.3, -0.25) is 0 Å². The molecule has 3 aromatic rings. The molecular formula is C24H27N3. The molecule has 4 rings (SSSR count). The maximum atomic E-state index is 6.40. The molecule has 0 saturated carbocycles. The Labute approximate surface area is 161 Å². The minimum absolute atomic E-state index is 0.0901. The van der Waals surface area contributed by atoms with Gasteiger partial charge in [-0.2, -0.15) is 0 Å². The molecule has 1 aliphatic rings. The molecule has 0 bridgehead atoms. The molecule has 0 fully saturated rings. The van der Waals surface area contributed by atoms with Crippen molar-refractivity contribution >= 4 is 28.1 Å². The van der Waals surface area contributed by atoms with E-state index in [1.54, 1.807) is 0 Å². The molecule has 0 aromatic heterocycles. The summed E-state index contributed by atoms with van der Waals surface area (Å²) in [6, 6.07) is 19.2. The van der Waals surface area contributed by atoms with Crippen LogP contribution in [-0.2, 0) is 18.3 Å². The smallest absolute Gasteiger partial charge is 0.200 e. The van der Waals surface area contributed by atoms with Crippen molar-refractivity contribution in [2.24, 2.45) is 10.7 Å². The highest BCUT2D eigenvalue weighted by Gasteiger charge is 2.20. The Morgan fingerprint density at radius 3 is 2.56 bits per heavy atom. The average molecular weight is 358 g/mol. The van der Waals surface area contributed by atoms with Gasteiger partial charge < -0.3 is 10.6 Å². The van der Waals surface area contributed by atoms with Gasteiger partial charge in [-0.15, -0.1) is 0 Å². The second kappa shape index (κ2) is 6.41. The minimum atomic E-state index is 0.0901. The fourth-order valence-electron chi connectivity index (χ4n) is 3.93. The van der Waals surface area contributed by atoms with Crippen molar-refractivity contribution in [3.8, 4) is 0 Å². The quantitative estimate of drug-likeness (QED) is 0.498. The highest BCUT2D eigenvalue weighted by molar-refractivity contribution is 6.02. The highest BCUT2D eigenvalue weighted by atomic mass is 15.2. The molecule has 0 heterocycles. The van der Waals surface area contributed by atoms with Crippen LogP contribution in [0.3, 0.4) is 0 Å². The Bertz CT molecular complexity index is 1040. The number of benzene rings is 3. The van der Waals surface area contributed by atoms with Crippen molar-refractivity contribution in [3.63, 3.8) is 0 Å². The van der Waals surface area contributed by atoms with Gasteiger partial charge in [-0.05, 0) is 63.9 Å². The fourth-order valence-corrected chi connectivity index (χ4v) is 3.93. The molecular weight excluding hydrogens is 330 g/mol. The summed E-state index contributed by atoms with van der Waals surface area (Å²) < 4.78 is 0. The summed E-state index contributed by atoms with van der Waals surface area (Å²) >= 11 is 0. The maximum absolute atomic E-state index is 6.40. The van der Waals surface area contributed by atoms with Gasteiger partial charge >= 0.3 is 0 Å². The summed E-state index contributed by atoms with van der Waals surface area (Å²) in [5.41, 5.74) is 12.6. The van der Waals surface area contributed by atoms with Gasteiger partial charge in [0.15, 0.2) is 0 Å². The van der Waals surface area contributed by atoms with E-state index in [-0.39, 0.29) is 5.41 Å². The normalized spacial score (nSPS) is 14.0. The summed E-state index contributed by atoms with van der Waals surface area (Å²) in [5.74, 6) is 0.515. The Morgan fingerprint density at radius 2 is 1.78 bits per heavy atom. The molecule has 0 radical (unpaired) electrons. The molecule has 2 N–H and O–H groups in total. The van der Waals surface area contributed by atoms with Crippen LogP contribution in [0.15, 0.2) is 59.6 Å². The molecule has 1 aliphatic carbocycles. The minimum Gasteiger partial charge on any atom is -0.369 e. The standard InChI is InChI=1S/C24H27N3/c1-24(2,3)18-9-6-10-19(15-18)26-23(25)27(4)21-14-12-17-8-5-7-16-11-13-20(21)22(16)17/h5-10,12,14-15H,11,13H2,1-4H3,(H2,25,26). The summed E-state index contributed by atoms with van der Waals surface area (Å²) in [6.07, 6.45) is 2.16. The van der Waals surface area contributed by atoms with Crippen LogP contribution in [0.4, 0.5) is 11.4 Å². The van der Waals surface area contributed by atoms with Crippen molar-refractivity contribution in [2.45, 2.75) is 39.0 Å². The second-order valence-corrected chi connectivity index (χ2v) is 8.41. The van der Waals surface area contributed by atoms with E-state index in [0.29, 0.717) is 5.96 Å². The molecule has 0 atom stereocenters. The van der Waals surface area contributed by atoms with Crippen molar-refractivity contribution < 1.29 is 0 Å². The van der Waals surface area contributed by atoms with E-state index in [2.05, 4.69) is 69.3 Å². The first-order chi connectivity index (χ1) is 12.8.